The van der Waals surface area contributed by atoms with Crippen molar-refractivity contribution in [2.45, 2.75) is 89.8 Å². The first kappa shape index (κ1) is 49.2. The number of amides is 3. The number of ether oxygens (including phenoxy) is 3. The van der Waals surface area contributed by atoms with Crippen LogP contribution in [0.4, 0.5) is 4.79 Å². The Morgan fingerprint density at radius 1 is 0.968 bits per heavy atom. The number of nitrogens with zero attached hydrogens (tertiary/aromatic N) is 3. The maximum absolute atomic E-state index is 13.7. The molecule has 0 saturated carbocycles. The maximum Gasteiger partial charge on any atom is 0.325 e. The third-order valence-corrected chi connectivity index (χ3v) is 11.7. The molecule has 0 radical (unpaired) electrons. The molecule has 2 heterocycles. The molecule has 0 aliphatic carbocycles. The Labute approximate surface area is 366 Å². The molecule has 1 aliphatic rings. The lowest BCUT2D eigenvalue weighted by Gasteiger charge is -2.20. The number of hydrogen-bond donors (Lipinski definition) is 6. The first-order chi connectivity index (χ1) is 29.5. The molecule has 0 unspecified atom stereocenters. The van der Waals surface area contributed by atoms with Gasteiger partial charge in [-0.15, -0.1) is 0 Å². The molecule has 3 aromatic rings. The van der Waals surface area contributed by atoms with Gasteiger partial charge in [-0.3, -0.25) is 33.6 Å². The molecule has 1 aliphatic heterocycles. The van der Waals surface area contributed by atoms with Crippen LogP contribution >= 0.6 is 11.8 Å². The largest absolute Gasteiger partial charge is 0.494 e. The van der Waals surface area contributed by atoms with Crippen LogP contribution in [-0.4, -0.2) is 124 Å². The van der Waals surface area contributed by atoms with Crippen LogP contribution in [0.25, 0.3) is 10.9 Å². The number of nitrogens with one attached hydrogen (secondary N) is 6. The average Bonchev–Trinajstić information content (AvgIpc) is 3.62. The molecular weight excluding hydrogens is 843 g/mol. The van der Waals surface area contributed by atoms with Gasteiger partial charge in [0, 0.05) is 68.9 Å². The number of hydrogen-bond acceptors (Lipinski definition) is 15. The van der Waals surface area contributed by atoms with Crippen LogP contribution in [0.1, 0.15) is 74.4 Å². The summed E-state index contributed by atoms with van der Waals surface area (Å²) >= 11 is 0.964. The summed E-state index contributed by atoms with van der Waals surface area (Å²) in [4.78, 5) is 66.3. The molecule has 62 heavy (non-hydrogen) atoms. The summed E-state index contributed by atoms with van der Waals surface area (Å²) in [5.74, 6) is -0.531. The number of thioether (sulfide) groups is 1. The number of benzene rings is 2. The van der Waals surface area contributed by atoms with Gasteiger partial charge >= 0.3 is 11.9 Å². The van der Waals surface area contributed by atoms with Gasteiger partial charge in [-0.2, -0.15) is 9.82 Å². The summed E-state index contributed by atoms with van der Waals surface area (Å²) in [5.41, 5.74) is 1.27. The molecular formula is C41H59N9O10S2. The number of rotatable bonds is 22. The van der Waals surface area contributed by atoms with Crippen LogP contribution in [0, 0.1) is 13.8 Å². The highest BCUT2D eigenvalue weighted by molar-refractivity contribution is 8.13. The van der Waals surface area contributed by atoms with Crippen molar-refractivity contribution in [2.24, 2.45) is 4.99 Å². The van der Waals surface area contributed by atoms with Crippen molar-refractivity contribution in [3.63, 3.8) is 0 Å². The van der Waals surface area contributed by atoms with Gasteiger partial charge in [0.1, 0.15) is 17.4 Å². The van der Waals surface area contributed by atoms with Gasteiger partial charge < -0.3 is 40.8 Å². The molecule has 3 amide bonds. The first-order valence-corrected chi connectivity index (χ1v) is 22.9. The van der Waals surface area contributed by atoms with Crippen LogP contribution in [0.2, 0.25) is 0 Å². The van der Waals surface area contributed by atoms with E-state index in [1.165, 1.54) is 0 Å². The van der Waals surface area contributed by atoms with Crippen LogP contribution < -0.4 is 36.0 Å². The number of aliphatic imine (C=N–C) groups is 1. The average molecular weight is 902 g/mol. The number of aromatic nitrogens is 2. The normalized spacial score (nSPS) is 13.3. The molecule has 4 rings (SSSR count). The Balaban J connectivity index is 1.20. The quantitative estimate of drug-likeness (QED) is 0.0627. The predicted molar refractivity (Wildman–Crippen MR) is 236 cm³/mol. The maximum atomic E-state index is 13.7. The summed E-state index contributed by atoms with van der Waals surface area (Å²) < 4.78 is 47.5. The number of carbonyl (C=O) groups excluding carboxylic acids is 5. The van der Waals surface area contributed by atoms with Crippen molar-refractivity contribution in [1.82, 2.24) is 41.1 Å². The molecule has 19 nitrogen and oxygen atoms in total. The molecule has 0 spiro atoms. The zero-order valence-electron chi connectivity index (χ0n) is 36.2. The van der Waals surface area contributed by atoms with Gasteiger partial charge in [-0.25, -0.2) is 8.42 Å². The smallest absolute Gasteiger partial charge is 0.325 e. The summed E-state index contributed by atoms with van der Waals surface area (Å²) in [6, 6.07) is 6.77. The van der Waals surface area contributed by atoms with Crippen LogP contribution in [0.5, 0.6) is 5.75 Å². The molecule has 0 fully saturated rings. The Morgan fingerprint density at radius 2 is 1.71 bits per heavy atom. The van der Waals surface area contributed by atoms with Crippen molar-refractivity contribution >= 4 is 67.6 Å². The Bertz CT molecular complexity index is 2170. The van der Waals surface area contributed by atoms with Crippen molar-refractivity contribution in [2.75, 3.05) is 58.7 Å². The van der Waals surface area contributed by atoms with Crippen LogP contribution in [-0.2, 0) is 40.4 Å². The van der Waals surface area contributed by atoms with E-state index >= 15 is 0 Å². The van der Waals surface area contributed by atoms with E-state index in [0.717, 1.165) is 68.2 Å². The van der Waals surface area contributed by atoms with Gasteiger partial charge in [0.15, 0.2) is 5.96 Å². The fraction of sp³-hybridized carbons (Fsp3) is 0.537. The van der Waals surface area contributed by atoms with E-state index < -0.39 is 33.5 Å². The van der Waals surface area contributed by atoms with Crippen molar-refractivity contribution < 1.29 is 46.6 Å². The van der Waals surface area contributed by atoms with E-state index in [1.807, 2.05) is 4.68 Å². The second-order valence-corrected chi connectivity index (χ2v) is 18.1. The zero-order valence-corrected chi connectivity index (χ0v) is 37.8. The summed E-state index contributed by atoms with van der Waals surface area (Å²) in [7, 11) is -3.17. The Morgan fingerprint density at radius 3 is 2.40 bits per heavy atom. The number of aryl methyl sites for hydroxylation is 3. The van der Waals surface area contributed by atoms with E-state index in [0.29, 0.717) is 35.4 Å². The van der Waals surface area contributed by atoms with E-state index in [9.17, 15) is 32.4 Å². The lowest BCUT2D eigenvalue weighted by molar-refractivity contribution is -0.154. The zero-order chi connectivity index (χ0) is 45.3. The van der Waals surface area contributed by atoms with Gasteiger partial charge in [0.25, 0.3) is 11.1 Å². The molecule has 0 saturated heterocycles. The lowest BCUT2D eigenvalue weighted by atomic mass is 10.1. The minimum absolute atomic E-state index is 0.0596. The summed E-state index contributed by atoms with van der Waals surface area (Å²) in [6.07, 6.45) is 4.14. The van der Waals surface area contributed by atoms with Gasteiger partial charge in [-0.05, 0) is 95.3 Å². The monoisotopic (exact) mass is 901 g/mol. The number of guanidine groups is 1. The number of sulfonamides is 1. The fourth-order valence-electron chi connectivity index (χ4n) is 6.32. The topological polar surface area (TPSA) is 250 Å². The van der Waals surface area contributed by atoms with Crippen LogP contribution in [0.15, 0.2) is 46.4 Å². The number of fused-ring (bicyclic) bond motifs is 1. The Kier molecular flexibility index (Phi) is 18.8. The standard InChI is InChI=1S/C41H59N9O10S2/c1-27-22-31(59-20-7-10-34(51)42-17-18-46-40(55)61-21-13-35(52)60-41(3,4)5)23-28(2)36(27)62(56,57)49-32(38(54)58-6)26-47-37(53)29-11-12-33-30(24-29)25-48-50(33)19-9-16-45-39-43-14-8-15-44-39/h11-12,22-25,32,49H,7-10,13-21,26H2,1-6H3,(H,42,51)(H,46,55)(H,47,53)(H2,43,44,45)/t32-/m0/s1. The third-order valence-electron chi connectivity index (χ3n) is 9.09. The highest BCUT2D eigenvalue weighted by atomic mass is 32.2. The second-order valence-electron chi connectivity index (χ2n) is 15.4. The van der Waals surface area contributed by atoms with Gasteiger partial charge in [0.05, 0.1) is 36.7 Å². The molecule has 2 aromatic carbocycles. The van der Waals surface area contributed by atoms with E-state index in [2.05, 4.69) is 41.4 Å². The number of esters is 2. The Hall–Kier alpha value is -5.41. The number of carbonyl (C=O) groups is 5. The van der Waals surface area contributed by atoms with E-state index in [-0.39, 0.29) is 66.8 Å². The first-order valence-electron chi connectivity index (χ1n) is 20.4. The molecule has 6 N–H and O–H groups in total. The second kappa shape index (κ2) is 23.7. The van der Waals surface area contributed by atoms with Crippen molar-refractivity contribution in [3.05, 3.63) is 53.2 Å². The lowest BCUT2D eigenvalue weighted by Crippen LogP contribution is -2.49. The highest BCUT2D eigenvalue weighted by Crippen LogP contribution is 2.26. The molecule has 21 heteroatoms. The SMILES string of the molecule is COC(=O)[C@H](CNC(=O)c1ccc2c(cnn2CCCNC2=NCCCN2)c1)NS(=O)(=O)c1c(C)cc(OCCCC(=O)NCCNC(=O)SCCC(=O)OC(C)(C)C)cc1C. The molecule has 1 atom stereocenters. The van der Waals surface area contributed by atoms with Crippen LogP contribution in [0.3, 0.4) is 0 Å². The molecule has 0 bridgehead atoms. The molecule has 340 valence electrons. The van der Waals surface area contributed by atoms with Gasteiger partial charge in [0.2, 0.25) is 15.9 Å². The summed E-state index contributed by atoms with van der Waals surface area (Å²) in [5, 5.41) is 19.4. The highest BCUT2D eigenvalue weighted by Gasteiger charge is 2.30. The summed E-state index contributed by atoms with van der Waals surface area (Å²) in [6.45, 7) is 11.8. The van der Waals surface area contributed by atoms with Gasteiger partial charge in [-0.1, -0.05) is 11.8 Å². The van der Waals surface area contributed by atoms with Crippen molar-refractivity contribution in [3.8, 4) is 5.75 Å². The minimum atomic E-state index is -4.30. The van der Waals surface area contributed by atoms with E-state index in [1.54, 1.807) is 71.1 Å². The molecule has 1 aromatic heterocycles. The van der Waals surface area contributed by atoms with Crippen molar-refractivity contribution in [1.29, 1.82) is 0 Å². The van der Waals surface area contributed by atoms with E-state index in [4.69, 9.17) is 14.2 Å². The number of methoxy groups -OCH3 is 1. The third kappa shape index (κ3) is 16.1. The minimum Gasteiger partial charge on any atom is -0.494 e. The fourth-order valence-corrected chi connectivity index (χ4v) is 8.61. The predicted octanol–water partition coefficient (Wildman–Crippen LogP) is 2.68.